The van der Waals surface area contributed by atoms with Gasteiger partial charge in [-0.05, 0) is 18.1 Å². The minimum absolute atomic E-state index is 0.372. The summed E-state index contributed by atoms with van der Waals surface area (Å²) in [6.07, 6.45) is 1.91. The molecular weight excluding hydrogens is 200 g/mol. The number of hydrogen-bond acceptors (Lipinski definition) is 2. The monoisotopic (exact) mass is 212 g/mol. The van der Waals surface area contributed by atoms with Crippen molar-refractivity contribution in [3.63, 3.8) is 0 Å². The highest BCUT2D eigenvalue weighted by atomic mass is 15.4. The Morgan fingerprint density at radius 2 is 1.94 bits per heavy atom. The highest BCUT2D eigenvalue weighted by Crippen LogP contribution is 2.16. The Kier molecular flexibility index (Phi) is 2.69. The van der Waals surface area contributed by atoms with Gasteiger partial charge in [0.25, 0.3) is 0 Å². The Labute approximate surface area is 94.3 Å². The Hall–Kier alpha value is -2.15. The molecule has 4 heteroatoms. The molecule has 1 aromatic carbocycles. The molecule has 0 unspecified atom stereocenters. The lowest BCUT2D eigenvalue weighted by molar-refractivity contribution is 0.776. The summed E-state index contributed by atoms with van der Waals surface area (Å²) in [7, 11) is 0. The summed E-state index contributed by atoms with van der Waals surface area (Å²) >= 11 is 0. The Morgan fingerprint density at radius 1 is 1.25 bits per heavy atom. The van der Waals surface area contributed by atoms with Crippen molar-refractivity contribution < 1.29 is 0 Å². The molecule has 0 saturated carbocycles. The van der Waals surface area contributed by atoms with Crippen molar-refractivity contribution >= 4 is 5.69 Å². The van der Waals surface area contributed by atoms with E-state index in [0.717, 1.165) is 11.4 Å². The van der Waals surface area contributed by atoms with Gasteiger partial charge in [0.15, 0.2) is 5.69 Å². The number of rotatable bonds is 2. The van der Waals surface area contributed by atoms with Crippen LogP contribution in [0.1, 0.15) is 25.5 Å². The van der Waals surface area contributed by atoms with Crippen LogP contribution < -0.4 is 0 Å². The van der Waals surface area contributed by atoms with Crippen LogP contribution in [0.15, 0.2) is 30.5 Å². The van der Waals surface area contributed by atoms with Crippen LogP contribution in [0.4, 0.5) is 5.69 Å². The fraction of sp³-hybridized carbons (Fsp3) is 0.250. The fourth-order valence-corrected chi connectivity index (χ4v) is 1.35. The molecule has 4 nitrogen and oxygen atoms in total. The summed E-state index contributed by atoms with van der Waals surface area (Å²) in [4.78, 5) is 3.34. The highest BCUT2D eigenvalue weighted by Gasteiger charge is 2.05. The number of benzene rings is 1. The molecule has 0 atom stereocenters. The third kappa shape index (κ3) is 1.94. The molecule has 0 amide bonds. The lowest BCUT2D eigenvalue weighted by Crippen LogP contribution is -1.93. The van der Waals surface area contributed by atoms with Crippen molar-refractivity contribution in [3.8, 4) is 5.69 Å². The van der Waals surface area contributed by atoms with Gasteiger partial charge >= 0.3 is 0 Å². The first kappa shape index (κ1) is 10.4. The van der Waals surface area contributed by atoms with Gasteiger partial charge < -0.3 is 0 Å². The number of hydrogen-bond donors (Lipinski definition) is 0. The molecular formula is C12H12N4. The maximum Gasteiger partial charge on any atom is 0.187 e. The van der Waals surface area contributed by atoms with Crippen molar-refractivity contribution in [2.24, 2.45) is 0 Å². The minimum atomic E-state index is 0.372. The summed E-state index contributed by atoms with van der Waals surface area (Å²) in [6.45, 7) is 11.0. The number of nitrogens with zero attached hydrogens (tertiary/aromatic N) is 4. The molecule has 1 aromatic heterocycles. The first-order valence-corrected chi connectivity index (χ1v) is 5.11. The Bertz CT molecular complexity index is 517. The quantitative estimate of drug-likeness (QED) is 0.717. The molecule has 2 aromatic rings. The third-order valence-corrected chi connectivity index (χ3v) is 2.35. The molecule has 0 aliphatic carbocycles. The fourth-order valence-electron chi connectivity index (χ4n) is 1.35. The first-order chi connectivity index (χ1) is 7.70. The van der Waals surface area contributed by atoms with Crippen LogP contribution in [0.3, 0.4) is 0 Å². The molecule has 0 aliphatic heterocycles. The van der Waals surface area contributed by atoms with Gasteiger partial charge in [0, 0.05) is 0 Å². The van der Waals surface area contributed by atoms with E-state index in [1.54, 1.807) is 16.8 Å². The Balaban J connectivity index is 2.32. The Morgan fingerprint density at radius 3 is 2.44 bits per heavy atom. The van der Waals surface area contributed by atoms with Crippen LogP contribution in [0, 0.1) is 6.57 Å². The summed E-state index contributed by atoms with van der Waals surface area (Å²) in [6, 6.07) is 7.29. The van der Waals surface area contributed by atoms with Crippen molar-refractivity contribution in [1.82, 2.24) is 15.0 Å². The maximum atomic E-state index is 6.87. The van der Waals surface area contributed by atoms with Crippen molar-refractivity contribution in [3.05, 3.63) is 47.6 Å². The summed E-state index contributed by atoms with van der Waals surface area (Å²) < 4.78 is 1.73. The van der Waals surface area contributed by atoms with Crippen LogP contribution >= 0.6 is 0 Å². The second kappa shape index (κ2) is 4.15. The zero-order valence-electron chi connectivity index (χ0n) is 9.25. The lowest BCUT2D eigenvalue weighted by atomic mass is 10.2. The van der Waals surface area contributed by atoms with E-state index in [1.165, 1.54) is 0 Å². The average Bonchev–Trinajstić information content (AvgIpc) is 2.78. The van der Waals surface area contributed by atoms with E-state index in [9.17, 15) is 0 Å². The van der Waals surface area contributed by atoms with Crippen LogP contribution in [-0.4, -0.2) is 15.0 Å². The predicted molar refractivity (Wildman–Crippen MR) is 61.7 cm³/mol. The van der Waals surface area contributed by atoms with E-state index in [2.05, 4.69) is 29.0 Å². The van der Waals surface area contributed by atoms with Gasteiger partial charge in [-0.2, -0.15) is 0 Å². The second-order valence-corrected chi connectivity index (χ2v) is 3.87. The largest absolute Gasteiger partial charge is 0.238 e. The summed E-state index contributed by atoms with van der Waals surface area (Å²) in [5, 5.41) is 8.14. The van der Waals surface area contributed by atoms with Gasteiger partial charge in [0.1, 0.15) is 0 Å². The van der Waals surface area contributed by atoms with E-state index < -0.39 is 0 Å². The van der Waals surface area contributed by atoms with Crippen molar-refractivity contribution in [1.29, 1.82) is 0 Å². The van der Waals surface area contributed by atoms with Gasteiger partial charge in [0.05, 0.1) is 24.2 Å². The lowest BCUT2D eigenvalue weighted by Gasteiger charge is -1.99. The SMILES string of the molecule is [C-]#[N+]c1ccc(-n2cc(C(C)C)nn2)cc1. The summed E-state index contributed by atoms with van der Waals surface area (Å²) in [5.41, 5.74) is 2.52. The molecule has 0 fully saturated rings. The van der Waals surface area contributed by atoms with Gasteiger partial charge in [-0.15, -0.1) is 5.10 Å². The molecule has 0 saturated heterocycles. The number of aromatic nitrogens is 3. The van der Waals surface area contributed by atoms with Crippen LogP contribution in [-0.2, 0) is 0 Å². The third-order valence-electron chi connectivity index (χ3n) is 2.35. The van der Waals surface area contributed by atoms with E-state index in [4.69, 9.17) is 6.57 Å². The van der Waals surface area contributed by atoms with E-state index in [0.29, 0.717) is 11.6 Å². The summed E-state index contributed by atoms with van der Waals surface area (Å²) in [5.74, 6) is 0.372. The minimum Gasteiger partial charge on any atom is -0.238 e. The van der Waals surface area contributed by atoms with Gasteiger partial charge in [-0.25, -0.2) is 9.53 Å². The standard InChI is InChI=1S/C12H12N4/c1-9(2)12-8-16(15-14-12)11-6-4-10(13-3)5-7-11/h4-9H,1-2H3. The molecule has 0 N–H and O–H groups in total. The smallest absolute Gasteiger partial charge is 0.187 e. The molecule has 1 heterocycles. The van der Waals surface area contributed by atoms with Gasteiger partial charge in [0.2, 0.25) is 0 Å². The topological polar surface area (TPSA) is 35.1 Å². The first-order valence-electron chi connectivity index (χ1n) is 5.11. The maximum absolute atomic E-state index is 6.87. The van der Waals surface area contributed by atoms with E-state index in [-0.39, 0.29) is 0 Å². The molecule has 16 heavy (non-hydrogen) atoms. The van der Waals surface area contributed by atoms with E-state index >= 15 is 0 Å². The molecule has 0 aliphatic rings. The second-order valence-electron chi connectivity index (χ2n) is 3.87. The van der Waals surface area contributed by atoms with Crippen molar-refractivity contribution in [2.45, 2.75) is 19.8 Å². The van der Waals surface area contributed by atoms with Crippen molar-refractivity contribution in [2.75, 3.05) is 0 Å². The molecule has 0 spiro atoms. The van der Waals surface area contributed by atoms with Gasteiger partial charge in [-0.1, -0.05) is 31.2 Å². The predicted octanol–water partition coefficient (Wildman–Crippen LogP) is 2.94. The van der Waals surface area contributed by atoms with E-state index in [1.807, 2.05) is 18.3 Å². The van der Waals surface area contributed by atoms with Crippen LogP contribution in [0.2, 0.25) is 0 Å². The molecule has 80 valence electrons. The van der Waals surface area contributed by atoms with Crippen LogP contribution in [0.5, 0.6) is 0 Å². The molecule has 2 rings (SSSR count). The van der Waals surface area contributed by atoms with Crippen LogP contribution in [0.25, 0.3) is 10.5 Å². The molecule has 0 radical (unpaired) electrons. The van der Waals surface area contributed by atoms with Gasteiger partial charge in [-0.3, -0.25) is 0 Å². The zero-order valence-corrected chi connectivity index (χ0v) is 9.25. The zero-order chi connectivity index (χ0) is 11.5. The normalized spacial score (nSPS) is 10.4. The molecule has 0 bridgehead atoms. The average molecular weight is 212 g/mol. The highest BCUT2D eigenvalue weighted by molar-refractivity contribution is 5.49.